The predicted molar refractivity (Wildman–Crippen MR) is 57.2 cm³/mol. The number of nitrogens with one attached hydrogen (secondary N) is 1. The van der Waals surface area contributed by atoms with Crippen LogP contribution in [0.1, 0.15) is 33.0 Å². The summed E-state index contributed by atoms with van der Waals surface area (Å²) in [5.41, 5.74) is 0.518. The van der Waals surface area contributed by atoms with E-state index in [4.69, 9.17) is 4.42 Å². The zero-order valence-electron chi connectivity index (χ0n) is 9.26. The van der Waals surface area contributed by atoms with Crippen LogP contribution in [0.4, 0.5) is 0 Å². The van der Waals surface area contributed by atoms with E-state index in [9.17, 15) is 0 Å². The molecule has 78 valence electrons. The summed E-state index contributed by atoms with van der Waals surface area (Å²) in [5.74, 6) is 1.10. The molecule has 1 N–H and O–H groups in total. The Kier molecular flexibility index (Phi) is 2.18. The molecule has 1 fully saturated rings. The molecule has 2 rings (SSSR count). The second-order valence-electron chi connectivity index (χ2n) is 5.12. The molecule has 1 aliphatic heterocycles. The highest BCUT2D eigenvalue weighted by Gasteiger charge is 2.45. The largest absolute Gasteiger partial charge is 0.469 e. The maximum Gasteiger partial charge on any atom is 0.104 e. The normalized spacial score (nSPS) is 30.8. The molecule has 0 aliphatic carbocycles. The van der Waals surface area contributed by atoms with Crippen LogP contribution < -0.4 is 5.32 Å². The molecule has 0 bridgehead atoms. The smallest absolute Gasteiger partial charge is 0.104 e. The maximum atomic E-state index is 5.43. The van der Waals surface area contributed by atoms with Crippen LogP contribution in [0.3, 0.4) is 0 Å². The average molecular weight is 193 g/mol. The lowest BCUT2D eigenvalue weighted by Gasteiger charge is -2.37. The van der Waals surface area contributed by atoms with Gasteiger partial charge >= 0.3 is 0 Å². The predicted octanol–water partition coefficient (Wildman–Crippen LogP) is 2.60. The van der Waals surface area contributed by atoms with Gasteiger partial charge in [-0.25, -0.2) is 0 Å². The lowest BCUT2D eigenvalue weighted by Crippen LogP contribution is -2.45. The van der Waals surface area contributed by atoms with Crippen molar-refractivity contribution in [2.45, 2.75) is 39.2 Å². The van der Waals surface area contributed by atoms with Crippen LogP contribution in [0.2, 0.25) is 0 Å². The second-order valence-corrected chi connectivity index (χ2v) is 5.12. The van der Waals surface area contributed by atoms with Gasteiger partial charge in [-0.1, -0.05) is 6.92 Å². The van der Waals surface area contributed by atoms with Gasteiger partial charge in [0.1, 0.15) is 5.76 Å². The van der Waals surface area contributed by atoms with Crippen molar-refractivity contribution in [2.24, 2.45) is 5.41 Å². The van der Waals surface area contributed by atoms with Crippen LogP contribution in [0.25, 0.3) is 0 Å². The molecular weight excluding hydrogens is 174 g/mol. The molecule has 0 radical (unpaired) electrons. The summed E-state index contributed by atoms with van der Waals surface area (Å²) in [4.78, 5) is 0. The third-order valence-electron chi connectivity index (χ3n) is 3.90. The highest BCUT2D eigenvalue weighted by molar-refractivity contribution is 5.09. The van der Waals surface area contributed by atoms with Gasteiger partial charge in [-0.2, -0.15) is 0 Å². The third kappa shape index (κ3) is 1.48. The SMILES string of the molecule is CC1(Cc2ccco2)CCNC1(C)C. The van der Waals surface area contributed by atoms with Gasteiger partial charge in [0.25, 0.3) is 0 Å². The van der Waals surface area contributed by atoms with Crippen molar-refractivity contribution < 1.29 is 4.42 Å². The lowest BCUT2D eigenvalue weighted by atomic mass is 9.71. The molecule has 2 nitrogen and oxygen atoms in total. The van der Waals surface area contributed by atoms with Crippen LogP contribution in [0, 0.1) is 5.41 Å². The van der Waals surface area contributed by atoms with E-state index in [1.165, 1.54) is 6.42 Å². The number of hydrogen-bond donors (Lipinski definition) is 1. The fourth-order valence-corrected chi connectivity index (χ4v) is 2.28. The van der Waals surface area contributed by atoms with Gasteiger partial charge < -0.3 is 9.73 Å². The van der Waals surface area contributed by atoms with Crippen molar-refractivity contribution in [1.82, 2.24) is 5.32 Å². The summed E-state index contributed by atoms with van der Waals surface area (Å²) >= 11 is 0. The Hall–Kier alpha value is -0.760. The Bertz CT molecular complexity index is 302. The summed E-state index contributed by atoms with van der Waals surface area (Å²) < 4.78 is 5.43. The third-order valence-corrected chi connectivity index (χ3v) is 3.90. The molecule has 2 heterocycles. The first-order valence-electron chi connectivity index (χ1n) is 5.31. The molecule has 0 saturated carbocycles. The zero-order chi connectivity index (χ0) is 10.2. The van der Waals surface area contributed by atoms with E-state index in [0.29, 0.717) is 5.41 Å². The van der Waals surface area contributed by atoms with Crippen LogP contribution in [-0.2, 0) is 6.42 Å². The van der Waals surface area contributed by atoms with E-state index in [-0.39, 0.29) is 5.54 Å². The molecule has 2 heteroatoms. The first kappa shape index (κ1) is 9.78. The lowest BCUT2D eigenvalue weighted by molar-refractivity contribution is 0.184. The number of rotatable bonds is 2. The molecule has 1 aromatic heterocycles. The Morgan fingerprint density at radius 2 is 2.21 bits per heavy atom. The minimum Gasteiger partial charge on any atom is -0.469 e. The van der Waals surface area contributed by atoms with Gasteiger partial charge in [0.05, 0.1) is 6.26 Å². The zero-order valence-corrected chi connectivity index (χ0v) is 9.26. The fraction of sp³-hybridized carbons (Fsp3) is 0.667. The molecule has 0 spiro atoms. The Balaban J connectivity index is 2.17. The minimum absolute atomic E-state index is 0.208. The first-order chi connectivity index (χ1) is 6.54. The van der Waals surface area contributed by atoms with Crippen molar-refractivity contribution in [3.63, 3.8) is 0 Å². The van der Waals surface area contributed by atoms with E-state index in [2.05, 4.69) is 32.2 Å². The molecule has 1 aliphatic rings. The Labute approximate surface area is 85.7 Å². The van der Waals surface area contributed by atoms with Crippen LogP contribution >= 0.6 is 0 Å². The van der Waals surface area contributed by atoms with Crippen LogP contribution in [0.15, 0.2) is 22.8 Å². The van der Waals surface area contributed by atoms with Gasteiger partial charge in [0.15, 0.2) is 0 Å². The molecule has 1 aromatic rings. The van der Waals surface area contributed by atoms with Gasteiger partial charge in [0, 0.05) is 12.0 Å². The molecule has 0 aromatic carbocycles. The monoisotopic (exact) mass is 193 g/mol. The van der Waals surface area contributed by atoms with E-state index in [1.54, 1.807) is 6.26 Å². The minimum atomic E-state index is 0.208. The fourth-order valence-electron chi connectivity index (χ4n) is 2.28. The molecule has 1 unspecified atom stereocenters. The van der Waals surface area contributed by atoms with E-state index >= 15 is 0 Å². The van der Waals surface area contributed by atoms with E-state index in [0.717, 1.165) is 18.7 Å². The Morgan fingerprint density at radius 3 is 2.71 bits per heavy atom. The topological polar surface area (TPSA) is 25.2 Å². The molecule has 1 saturated heterocycles. The van der Waals surface area contributed by atoms with Gasteiger partial charge in [-0.05, 0) is 44.4 Å². The Morgan fingerprint density at radius 1 is 1.43 bits per heavy atom. The quantitative estimate of drug-likeness (QED) is 0.781. The van der Waals surface area contributed by atoms with Crippen molar-refractivity contribution in [2.75, 3.05) is 6.54 Å². The average Bonchev–Trinajstić information content (AvgIpc) is 2.63. The van der Waals surface area contributed by atoms with Crippen LogP contribution in [-0.4, -0.2) is 12.1 Å². The molecule has 14 heavy (non-hydrogen) atoms. The van der Waals surface area contributed by atoms with Crippen molar-refractivity contribution in [3.8, 4) is 0 Å². The van der Waals surface area contributed by atoms with Gasteiger partial charge in [0.2, 0.25) is 0 Å². The van der Waals surface area contributed by atoms with Gasteiger partial charge in [-0.15, -0.1) is 0 Å². The standard InChI is InChI=1S/C12H19NO/c1-11(2)12(3,6-7-13-11)9-10-5-4-8-14-10/h4-5,8,13H,6-7,9H2,1-3H3. The molecular formula is C12H19NO. The van der Waals surface area contributed by atoms with Crippen molar-refractivity contribution >= 4 is 0 Å². The van der Waals surface area contributed by atoms with E-state index < -0.39 is 0 Å². The highest BCUT2D eigenvalue weighted by Crippen LogP contribution is 2.41. The molecule has 1 atom stereocenters. The summed E-state index contributed by atoms with van der Waals surface area (Å²) in [7, 11) is 0. The molecule has 0 amide bonds. The van der Waals surface area contributed by atoms with Crippen molar-refractivity contribution in [1.29, 1.82) is 0 Å². The number of hydrogen-bond acceptors (Lipinski definition) is 2. The van der Waals surface area contributed by atoms with Crippen LogP contribution in [0.5, 0.6) is 0 Å². The summed E-state index contributed by atoms with van der Waals surface area (Å²) in [6.07, 6.45) is 4.01. The second kappa shape index (κ2) is 3.13. The maximum absolute atomic E-state index is 5.43. The van der Waals surface area contributed by atoms with E-state index in [1.807, 2.05) is 6.07 Å². The van der Waals surface area contributed by atoms with Gasteiger partial charge in [-0.3, -0.25) is 0 Å². The number of furan rings is 1. The first-order valence-corrected chi connectivity index (χ1v) is 5.31. The summed E-state index contributed by atoms with van der Waals surface area (Å²) in [6, 6.07) is 4.04. The summed E-state index contributed by atoms with van der Waals surface area (Å²) in [5, 5.41) is 3.56. The highest BCUT2D eigenvalue weighted by atomic mass is 16.3. The summed E-state index contributed by atoms with van der Waals surface area (Å²) in [6.45, 7) is 8.02. The van der Waals surface area contributed by atoms with Crippen molar-refractivity contribution in [3.05, 3.63) is 24.2 Å².